The van der Waals surface area contributed by atoms with E-state index < -0.39 is 0 Å². The van der Waals surface area contributed by atoms with E-state index in [2.05, 4.69) is 64.5 Å². The predicted molar refractivity (Wildman–Crippen MR) is 88.5 cm³/mol. The van der Waals surface area contributed by atoms with E-state index in [0.29, 0.717) is 0 Å². The second-order valence-corrected chi connectivity index (χ2v) is 6.48. The number of rotatable bonds is 4. The maximum atomic E-state index is 5.41. The molecule has 1 aliphatic rings. The third-order valence-electron chi connectivity index (χ3n) is 3.47. The lowest BCUT2D eigenvalue weighted by molar-refractivity contribution is 0.454. The van der Waals surface area contributed by atoms with Crippen LogP contribution in [0.4, 0.5) is 0 Å². The van der Waals surface area contributed by atoms with Gasteiger partial charge in [-0.15, -0.1) is 0 Å². The van der Waals surface area contributed by atoms with Gasteiger partial charge in [0.2, 0.25) is 0 Å². The molecule has 1 fully saturated rings. The van der Waals surface area contributed by atoms with Gasteiger partial charge < -0.3 is 5.84 Å². The summed E-state index contributed by atoms with van der Waals surface area (Å²) in [4.78, 5) is -0.180. The molecule has 4 N–H and O–H groups in total. The molecule has 1 heterocycles. The number of hydrazone groups is 1. The van der Waals surface area contributed by atoms with Gasteiger partial charge in [0.15, 0.2) is 5.17 Å². The molecule has 4 nitrogen and oxygen atoms in total. The summed E-state index contributed by atoms with van der Waals surface area (Å²) in [6, 6.07) is 20.9. The molecule has 1 aliphatic heterocycles. The van der Waals surface area contributed by atoms with Crippen molar-refractivity contribution in [3.63, 3.8) is 0 Å². The summed E-state index contributed by atoms with van der Waals surface area (Å²) in [7, 11) is 0. The largest absolute Gasteiger partial charge is 0.321 e. The van der Waals surface area contributed by atoms with Gasteiger partial charge in [-0.1, -0.05) is 72.4 Å². The average molecular weight is 298 g/mol. The van der Waals surface area contributed by atoms with Crippen molar-refractivity contribution in [2.24, 2.45) is 10.9 Å². The molecule has 0 aromatic heterocycles. The Hall–Kier alpha value is -1.98. The number of nitrogens with one attached hydrogen (secondary N) is 2. The summed E-state index contributed by atoms with van der Waals surface area (Å²) in [6.07, 6.45) is 1.78. The van der Waals surface area contributed by atoms with E-state index in [0.717, 1.165) is 18.0 Å². The molecule has 1 saturated heterocycles. The zero-order chi connectivity index (χ0) is 14.5. The number of nitrogens with zero attached hydrogens (tertiary/aromatic N) is 1. The fourth-order valence-corrected chi connectivity index (χ4v) is 3.64. The molecule has 108 valence electrons. The molecule has 0 amide bonds. The number of hydrazine groups is 1. The van der Waals surface area contributed by atoms with Crippen LogP contribution in [0.1, 0.15) is 11.1 Å². The highest BCUT2D eigenvalue weighted by molar-refractivity contribution is 8.15. The molecule has 0 radical (unpaired) electrons. The van der Waals surface area contributed by atoms with Gasteiger partial charge in [-0.2, -0.15) is 5.10 Å². The molecule has 0 spiro atoms. The number of hydrogen-bond donors (Lipinski definition) is 3. The lowest BCUT2D eigenvalue weighted by atomic mass is 9.99. The van der Waals surface area contributed by atoms with Crippen LogP contribution >= 0.6 is 11.8 Å². The van der Waals surface area contributed by atoms with Crippen LogP contribution in [0, 0.1) is 0 Å². The van der Waals surface area contributed by atoms with Crippen LogP contribution in [0.25, 0.3) is 0 Å². The van der Waals surface area contributed by atoms with Gasteiger partial charge in [-0.05, 0) is 11.1 Å². The van der Waals surface area contributed by atoms with Crippen molar-refractivity contribution in [3.8, 4) is 0 Å². The number of nitrogens with two attached hydrogens (primary N) is 1. The minimum Gasteiger partial charge on any atom is -0.321 e. The van der Waals surface area contributed by atoms with Crippen molar-refractivity contribution in [2.75, 3.05) is 0 Å². The molecule has 5 heteroatoms. The molecule has 2 aromatic rings. The van der Waals surface area contributed by atoms with Crippen LogP contribution in [0.2, 0.25) is 0 Å². The quantitative estimate of drug-likeness (QED) is 0.598. The first-order chi connectivity index (χ1) is 10.3. The Morgan fingerprint density at radius 3 is 1.86 bits per heavy atom. The minimum absolute atomic E-state index is 0.180. The normalized spacial score (nSPS) is 18.6. The summed E-state index contributed by atoms with van der Waals surface area (Å²) >= 11 is 1.65. The summed E-state index contributed by atoms with van der Waals surface area (Å²) in [5, 5.41) is 4.50. The Kier molecular flexibility index (Phi) is 4.13. The zero-order valence-corrected chi connectivity index (χ0v) is 12.4. The van der Waals surface area contributed by atoms with E-state index in [-0.39, 0.29) is 4.87 Å². The molecule has 2 aromatic carbocycles. The van der Waals surface area contributed by atoms with E-state index in [1.54, 1.807) is 11.8 Å². The van der Waals surface area contributed by atoms with E-state index >= 15 is 0 Å². The highest BCUT2D eigenvalue weighted by Crippen LogP contribution is 2.34. The van der Waals surface area contributed by atoms with Crippen LogP contribution in [0.5, 0.6) is 0 Å². The van der Waals surface area contributed by atoms with E-state index in [9.17, 15) is 0 Å². The monoisotopic (exact) mass is 298 g/mol. The molecule has 0 saturated carbocycles. The molecule has 0 aliphatic carbocycles. The van der Waals surface area contributed by atoms with Crippen molar-refractivity contribution in [1.82, 2.24) is 10.9 Å². The summed E-state index contributed by atoms with van der Waals surface area (Å²) in [5.41, 5.74) is 9.02. The summed E-state index contributed by atoms with van der Waals surface area (Å²) in [5.74, 6) is 5.41. The van der Waals surface area contributed by atoms with Crippen molar-refractivity contribution < 1.29 is 0 Å². The Morgan fingerprint density at radius 1 is 0.905 bits per heavy atom. The van der Waals surface area contributed by atoms with Crippen LogP contribution < -0.4 is 16.7 Å². The maximum Gasteiger partial charge on any atom is 0.196 e. The standard InChI is InChI=1S/C16H18N4S/c17-18-15-19-20-16(21-15,11-13-7-3-1-4-8-13)12-14-9-5-2-6-10-14/h1-10,20H,11-12,17H2,(H,18,19). The fourth-order valence-electron chi connectivity index (χ4n) is 2.54. The van der Waals surface area contributed by atoms with Crippen molar-refractivity contribution in [2.45, 2.75) is 17.7 Å². The summed E-state index contributed by atoms with van der Waals surface area (Å²) in [6.45, 7) is 0. The van der Waals surface area contributed by atoms with E-state index in [1.165, 1.54) is 11.1 Å². The van der Waals surface area contributed by atoms with Gasteiger partial charge in [0.05, 0.1) is 4.87 Å². The SMILES string of the molecule is N/N=C1/NNC(Cc2ccccc2)(Cc2ccccc2)S1. The Labute approximate surface area is 128 Å². The van der Waals surface area contributed by atoms with Gasteiger partial charge in [-0.25, -0.2) is 5.43 Å². The number of amidine groups is 1. The lowest BCUT2D eigenvalue weighted by Gasteiger charge is -2.27. The number of benzene rings is 2. The first-order valence-electron chi connectivity index (χ1n) is 6.88. The molecule has 0 unspecified atom stereocenters. The molecule has 0 bridgehead atoms. The third kappa shape index (κ3) is 3.37. The average Bonchev–Trinajstić information content (AvgIpc) is 2.92. The lowest BCUT2D eigenvalue weighted by Crippen LogP contribution is -2.46. The predicted octanol–water partition coefficient (Wildman–Crippen LogP) is 2.24. The molecular weight excluding hydrogens is 280 g/mol. The van der Waals surface area contributed by atoms with Crippen molar-refractivity contribution >= 4 is 16.9 Å². The van der Waals surface area contributed by atoms with Crippen molar-refractivity contribution in [1.29, 1.82) is 0 Å². The fraction of sp³-hybridized carbons (Fsp3) is 0.188. The topological polar surface area (TPSA) is 62.4 Å². The number of thioether (sulfide) groups is 1. The Bertz CT molecular complexity index is 571. The second kappa shape index (κ2) is 6.20. The first-order valence-corrected chi connectivity index (χ1v) is 7.69. The maximum absolute atomic E-state index is 5.41. The van der Waals surface area contributed by atoms with Crippen LogP contribution in [-0.4, -0.2) is 10.0 Å². The molecule has 21 heavy (non-hydrogen) atoms. The second-order valence-electron chi connectivity index (χ2n) is 5.11. The highest BCUT2D eigenvalue weighted by Gasteiger charge is 2.38. The van der Waals surface area contributed by atoms with Gasteiger partial charge in [-0.3, -0.25) is 5.43 Å². The minimum atomic E-state index is -0.180. The van der Waals surface area contributed by atoms with Crippen LogP contribution in [0.15, 0.2) is 65.8 Å². The van der Waals surface area contributed by atoms with E-state index in [1.807, 2.05) is 12.1 Å². The van der Waals surface area contributed by atoms with Gasteiger partial charge in [0.1, 0.15) is 0 Å². The van der Waals surface area contributed by atoms with Gasteiger partial charge in [0.25, 0.3) is 0 Å². The zero-order valence-electron chi connectivity index (χ0n) is 11.6. The molecular formula is C16H18N4S. The van der Waals surface area contributed by atoms with Gasteiger partial charge >= 0.3 is 0 Å². The van der Waals surface area contributed by atoms with Crippen molar-refractivity contribution in [3.05, 3.63) is 71.8 Å². The Morgan fingerprint density at radius 2 is 1.43 bits per heavy atom. The highest BCUT2D eigenvalue weighted by atomic mass is 32.2. The first kappa shape index (κ1) is 14.0. The molecule has 0 atom stereocenters. The van der Waals surface area contributed by atoms with Crippen LogP contribution in [0.3, 0.4) is 0 Å². The number of hydrogen-bond acceptors (Lipinski definition) is 4. The van der Waals surface area contributed by atoms with Gasteiger partial charge in [0, 0.05) is 12.8 Å². The Balaban J connectivity index is 1.85. The molecule has 3 rings (SSSR count). The smallest absolute Gasteiger partial charge is 0.196 e. The third-order valence-corrected chi connectivity index (χ3v) is 4.65. The van der Waals surface area contributed by atoms with E-state index in [4.69, 9.17) is 5.84 Å². The summed E-state index contributed by atoms with van der Waals surface area (Å²) < 4.78 is 0. The van der Waals surface area contributed by atoms with Crippen LogP contribution in [-0.2, 0) is 12.8 Å².